The molecule has 0 fully saturated rings. The summed E-state index contributed by atoms with van der Waals surface area (Å²) in [5, 5.41) is 14.2. The van der Waals surface area contributed by atoms with Crippen LogP contribution < -0.4 is 5.32 Å². The van der Waals surface area contributed by atoms with Gasteiger partial charge in [0, 0.05) is 17.0 Å². The molecule has 1 aliphatic carbocycles. The van der Waals surface area contributed by atoms with E-state index in [0.29, 0.717) is 22.0 Å². The van der Waals surface area contributed by atoms with Crippen molar-refractivity contribution in [2.24, 2.45) is 11.3 Å². The summed E-state index contributed by atoms with van der Waals surface area (Å²) in [5.41, 5.74) is 2.25. The number of non-ortho nitro benzene ring substituents is 1. The zero-order valence-electron chi connectivity index (χ0n) is 17.6. The van der Waals surface area contributed by atoms with Crippen LogP contribution >= 0.6 is 11.3 Å². The first-order valence-electron chi connectivity index (χ1n) is 9.86. The highest BCUT2D eigenvalue weighted by Crippen LogP contribution is 2.44. The van der Waals surface area contributed by atoms with E-state index in [-0.39, 0.29) is 23.4 Å². The Hall–Kier alpha value is -2.74. The third kappa shape index (κ3) is 4.70. The lowest BCUT2D eigenvalue weighted by Crippen LogP contribution is -2.26. The smallest absolute Gasteiger partial charge is 0.341 e. The molecule has 0 radical (unpaired) electrons. The lowest BCUT2D eigenvalue weighted by atomic mass is 9.72. The Morgan fingerprint density at radius 1 is 1.27 bits per heavy atom. The second kappa shape index (κ2) is 8.55. The maximum absolute atomic E-state index is 12.6. The number of nitrogens with one attached hydrogen (secondary N) is 1. The summed E-state index contributed by atoms with van der Waals surface area (Å²) in [7, 11) is 1.34. The van der Waals surface area contributed by atoms with Gasteiger partial charge in [0.05, 0.1) is 24.0 Å². The fourth-order valence-electron chi connectivity index (χ4n) is 3.82. The minimum absolute atomic E-state index is 0.0218. The SMILES string of the molecule is COC(=O)c1c(NC(=O)Cc2ccc([N+](=O)[O-])cc2)sc2c1CCC(C(C)(C)C)C2. The van der Waals surface area contributed by atoms with Crippen molar-refractivity contribution in [1.82, 2.24) is 0 Å². The number of rotatable bonds is 5. The van der Waals surface area contributed by atoms with Crippen LogP contribution in [0.15, 0.2) is 24.3 Å². The summed E-state index contributed by atoms with van der Waals surface area (Å²) in [6.07, 6.45) is 2.72. The molecule has 0 saturated carbocycles. The highest BCUT2D eigenvalue weighted by molar-refractivity contribution is 7.17. The van der Waals surface area contributed by atoms with Gasteiger partial charge in [-0.15, -0.1) is 11.3 Å². The number of amides is 1. The number of nitro groups is 1. The minimum Gasteiger partial charge on any atom is -0.465 e. The highest BCUT2D eigenvalue weighted by Gasteiger charge is 2.34. The third-order valence-electron chi connectivity index (χ3n) is 5.64. The van der Waals surface area contributed by atoms with Crippen molar-refractivity contribution in [1.29, 1.82) is 0 Å². The van der Waals surface area contributed by atoms with Crippen LogP contribution in [0.2, 0.25) is 0 Å². The molecule has 1 unspecified atom stereocenters. The molecular formula is C22H26N2O5S. The van der Waals surface area contributed by atoms with Crippen LogP contribution in [-0.4, -0.2) is 23.9 Å². The maximum atomic E-state index is 12.6. The molecule has 0 saturated heterocycles. The summed E-state index contributed by atoms with van der Waals surface area (Å²) in [6, 6.07) is 5.87. The maximum Gasteiger partial charge on any atom is 0.341 e. The van der Waals surface area contributed by atoms with Gasteiger partial charge in [0.25, 0.3) is 5.69 Å². The second-order valence-corrected chi connectivity index (χ2v) is 9.76. The number of carbonyl (C=O) groups is 2. The van der Waals surface area contributed by atoms with E-state index in [9.17, 15) is 19.7 Å². The molecule has 1 aromatic heterocycles. The Morgan fingerprint density at radius 2 is 1.93 bits per heavy atom. The number of hydrogen-bond acceptors (Lipinski definition) is 6. The van der Waals surface area contributed by atoms with Gasteiger partial charge in [0.1, 0.15) is 5.00 Å². The molecular weight excluding hydrogens is 404 g/mol. The van der Waals surface area contributed by atoms with Crippen molar-refractivity contribution >= 4 is 33.9 Å². The topological polar surface area (TPSA) is 98.5 Å². The lowest BCUT2D eigenvalue weighted by Gasteiger charge is -2.33. The number of carbonyl (C=O) groups excluding carboxylic acids is 2. The molecule has 0 spiro atoms. The van der Waals surface area contributed by atoms with Crippen LogP contribution in [0.3, 0.4) is 0 Å². The largest absolute Gasteiger partial charge is 0.465 e. The summed E-state index contributed by atoms with van der Waals surface area (Å²) in [4.78, 5) is 36.5. The van der Waals surface area contributed by atoms with Crippen molar-refractivity contribution in [3.63, 3.8) is 0 Å². The normalized spacial score (nSPS) is 15.9. The van der Waals surface area contributed by atoms with Gasteiger partial charge < -0.3 is 10.1 Å². The third-order valence-corrected chi connectivity index (χ3v) is 6.81. The number of methoxy groups -OCH3 is 1. The number of hydrogen-bond donors (Lipinski definition) is 1. The highest BCUT2D eigenvalue weighted by atomic mass is 32.1. The van der Waals surface area contributed by atoms with Crippen LogP contribution in [-0.2, 0) is 28.8 Å². The molecule has 1 N–H and O–H groups in total. The van der Waals surface area contributed by atoms with Crippen molar-refractivity contribution in [3.05, 3.63) is 55.9 Å². The van der Waals surface area contributed by atoms with Gasteiger partial charge in [-0.25, -0.2) is 4.79 Å². The van der Waals surface area contributed by atoms with Crippen LogP contribution in [0, 0.1) is 21.4 Å². The van der Waals surface area contributed by atoms with E-state index in [4.69, 9.17) is 4.74 Å². The standard InChI is InChI=1S/C22H26N2O5S/c1-22(2,3)14-7-10-16-17(12-14)30-20(19(16)21(26)29-4)23-18(25)11-13-5-8-15(9-6-13)24(27)28/h5-6,8-9,14H,7,10-12H2,1-4H3,(H,23,25). The zero-order chi connectivity index (χ0) is 22.1. The summed E-state index contributed by atoms with van der Waals surface area (Å²) in [6.45, 7) is 6.68. The molecule has 3 rings (SSSR count). The van der Waals surface area contributed by atoms with Crippen LogP contribution in [0.1, 0.15) is 53.6 Å². The second-order valence-electron chi connectivity index (χ2n) is 8.65. The molecule has 0 aliphatic heterocycles. The fraction of sp³-hybridized carbons (Fsp3) is 0.455. The number of anilines is 1. The van der Waals surface area contributed by atoms with E-state index in [1.54, 1.807) is 12.1 Å². The van der Waals surface area contributed by atoms with Crippen molar-refractivity contribution < 1.29 is 19.2 Å². The number of esters is 1. The summed E-state index contributed by atoms with van der Waals surface area (Å²) >= 11 is 1.45. The van der Waals surface area contributed by atoms with E-state index < -0.39 is 10.9 Å². The quantitative estimate of drug-likeness (QED) is 0.418. The Kier molecular flexibility index (Phi) is 6.26. The van der Waals surface area contributed by atoms with Crippen molar-refractivity contribution in [2.75, 3.05) is 12.4 Å². The molecule has 8 heteroatoms. The predicted octanol–water partition coefficient (Wildman–Crippen LogP) is 4.78. The Bertz CT molecular complexity index is 973. The number of thiophene rings is 1. The van der Waals surface area contributed by atoms with E-state index in [1.807, 2.05) is 0 Å². The number of ether oxygens (including phenoxy) is 1. The van der Waals surface area contributed by atoms with Gasteiger partial charge in [0.2, 0.25) is 5.91 Å². The first-order chi connectivity index (χ1) is 14.1. The van der Waals surface area contributed by atoms with E-state index in [1.165, 1.54) is 30.6 Å². The number of nitro benzene ring substituents is 1. The zero-order valence-corrected chi connectivity index (χ0v) is 18.4. The number of benzene rings is 1. The lowest BCUT2D eigenvalue weighted by molar-refractivity contribution is -0.384. The molecule has 2 aromatic rings. The monoisotopic (exact) mass is 430 g/mol. The molecule has 1 amide bonds. The number of nitrogens with zero attached hydrogens (tertiary/aromatic N) is 1. The molecule has 160 valence electrons. The van der Waals surface area contributed by atoms with E-state index in [0.717, 1.165) is 29.7 Å². The van der Waals surface area contributed by atoms with Crippen molar-refractivity contribution in [2.45, 2.75) is 46.5 Å². The van der Waals surface area contributed by atoms with E-state index >= 15 is 0 Å². The van der Waals surface area contributed by atoms with Gasteiger partial charge in [0.15, 0.2) is 0 Å². The predicted molar refractivity (Wildman–Crippen MR) is 116 cm³/mol. The van der Waals surface area contributed by atoms with Crippen LogP contribution in [0.25, 0.3) is 0 Å². The molecule has 1 aromatic carbocycles. The van der Waals surface area contributed by atoms with Crippen molar-refractivity contribution in [3.8, 4) is 0 Å². The molecule has 30 heavy (non-hydrogen) atoms. The molecule has 0 bridgehead atoms. The minimum atomic E-state index is -0.479. The van der Waals surface area contributed by atoms with Crippen LogP contribution in [0.4, 0.5) is 10.7 Å². The summed E-state index contributed by atoms with van der Waals surface area (Å²) in [5.74, 6) is -0.204. The molecule has 1 aliphatic rings. The Morgan fingerprint density at radius 3 is 2.50 bits per heavy atom. The fourth-order valence-corrected chi connectivity index (χ4v) is 5.15. The first-order valence-corrected chi connectivity index (χ1v) is 10.7. The van der Waals surface area contributed by atoms with Gasteiger partial charge in [-0.2, -0.15) is 0 Å². The summed E-state index contributed by atoms with van der Waals surface area (Å²) < 4.78 is 4.98. The molecule has 7 nitrogen and oxygen atoms in total. The van der Waals surface area contributed by atoms with Gasteiger partial charge in [-0.05, 0) is 41.7 Å². The first kappa shape index (κ1) is 22.0. The average Bonchev–Trinajstić information content (AvgIpc) is 3.03. The van der Waals surface area contributed by atoms with Gasteiger partial charge >= 0.3 is 5.97 Å². The Balaban J connectivity index is 1.81. The number of fused-ring (bicyclic) bond motifs is 1. The molecule has 1 heterocycles. The van der Waals surface area contributed by atoms with Gasteiger partial charge in [-0.3, -0.25) is 14.9 Å². The Labute approximate surface area is 179 Å². The van der Waals surface area contributed by atoms with E-state index in [2.05, 4.69) is 26.1 Å². The molecule has 1 atom stereocenters. The average molecular weight is 431 g/mol. The van der Waals surface area contributed by atoms with Gasteiger partial charge in [-0.1, -0.05) is 32.9 Å². The van der Waals surface area contributed by atoms with Crippen LogP contribution in [0.5, 0.6) is 0 Å².